The van der Waals surface area contributed by atoms with Crippen LogP contribution < -0.4 is 0 Å². The molecule has 0 radical (unpaired) electrons. The van der Waals surface area contributed by atoms with E-state index in [0.717, 1.165) is 0 Å². The number of aliphatic hydroxyl groups is 1. The molecule has 1 aromatic rings. The van der Waals surface area contributed by atoms with Gasteiger partial charge in [-0.1, -0.05) is 0 Å². The largest absolute Gasteiger partial charge is 0.382 e. The van der Waals surface area contributed by atoms with Gasteiger partial charge in [0, 0.05) is 17.5 Å². The molecular formula is C8H11F2NO. The van der Waals surface area contributed by atoms with Crippen molar-refractivity contribution < 1.29 is 13.9 Å². The maximum Gasteiger partial charge on any atom is 0.268 e. The van der Waals surface area contributed by atoms with Crippen molar-refractivity contribution in [3.05, 3.63) is 23.0 Å². The average molecular weight is 175 g/mol. The number of alkyl halides is 2. The fourth-order valence-corrected chi connectivity index (χ4v) is 1.25. The van der Waals surface area contributed by atoms with Gasteiger partial charge in [-0.25, -0.2) is 8.78 Å². The van der Waals surface area contributed by atoms with Crippen LogP contribution in [0.3, 0.4) is 0 Å². The molecule has 4 heteroatoms. The van der Waals surface area contributed by atoms with Crippen LogP contribution in [0.2, 0.25) is 0 Å². The highest BCUT2D eigenvalue weighted by Crippen LogP contribution is 2.25. The monoisotopic (exact) mass is 175 g/mol. The van der Waals surface area contributed by atoms with E-state index in [-0.39, 0.29) is 0 Å². The Bertz CT molecular complexity index is 251. The smallest absolute Gasteiger partial charge is 0.268 e. The van der Waals surface area contributed by atoms with Gasteiger partial charge in [0.2, 0.25) is 0 Å². The molecule has 1 atom stereocenters. The summed E-state index contributed by atoms with van der Waals surface area (Å²) in [6, 6.07) is 0. The minimum Gasteiger partial charge on any atom is -0.382 e. The van der Waals surface area contributed by atoms with E-state index in [4.69, 9.17) is 5.11 Å². The maximum absolute atomic E-state index is 12.1. The zero-order chi connectivity index (χ0) is 9.30. The molecule has 1 heterocycles. The van der Waals surface area contributed by atoms with E-state index >= 15 is 0 Å². The highest BCUT2D eigenvalue weighted by atomic mass is 19.3. The van der Waals surface area contributed by atoms with Crippen molar-refractivity contribution in [1.29, 1.82) is 0 Å². The Morgan fingerprint density at radius 2 is 2.00 bits per heavy atom. The van der Waals surface area contributed by atoms with Crippen molar-refractivity contribution in [3.8, 4) is 0 Å². The second-order valence-corrected chi connectivity index (χ2v) is 2.79. The topological polar surface area (TPSA) is 36.0 Å². The molecular weight excluding hydrogens is 164 g/mol. The van der Waals surface area contributed by atoms with E-state index in [2.05, 4.69) is 4.98 Å². The molecule has 0 bridgehead atoms. The minimum absolute atomic E-state index is 0.310. The molecule has 0 aromatic carbocycles. The normalized spacial score (nSPS) is 13.8. The van der Waals surface area contributed by atoms with Crippen molar-refractivity contribution in [2.75, 3.05) is 0 Å². The predicted octanol–water partition coefficient (Wildman–Crippen LogP) is 1.93. The molecule has 2 N–H and O–H groups in total. The highest BCUT2D eigenvalue weighted by Gasteiger charge is 2.23. The van der Waals surface area contributed by atoms with Crippen LogP contribution >= 0.6 is 0 Å². The van der Waals surface area contributed by atoms with E-state index in [9.17, 15) is 8.78 Å². The van der Waals surface area contributed by atoms with Crippen LogP contribution in [0.4, 0.5) is 8.78 Å². The number of rotatable bonds is 2. The summed E-state index contributed by atoms with van der Waals surface area (Å²) < 4.78 is 24.2. The quantitative estimate of drug-likeness (QED) is 0.707. The van der Waals surface area contributed by atoms with Gasteiger partial charge in [-0.2, -0.15) is 0 Å². The standard InChI is InChI=1S/C8H11F2NO/c1-4-3-11-5(2)6(4)7(12)8(9)10/h3,7-8,11-12H,1-2H3. The Balaban J connectivity index is 3.00. The molecule has 2 nitrogen and oxygen atoms in total. The van der Waals surface area contributed by atoms with Crippen LogP contribution in [-0.2, 0) is 0 Å². The summed E-state index contributed by atoms with van der Waals surface area (Å²) >= 11 is 0. The van der Waals surface area contributed by atoms with Crippen molar-refractivity contribution in [2.45, 2.75) is 26.4 Å². The van der Waals surface area contributed by atoms with E-state index in [0.29, 0.717) is 16.8 Å². The molecule has 1 rings (SSSR count). The molecule has 0 fully saturated rings. The Kier molecular flexibility index (Phi) is 2.47. The zero-order valence-electron chi connectivity index (χ0n) is 6.94. The van der Waals surface area contributed by atoms with Gasteiger partial charge < -0.3 is 10.1 Å². The van der Waals surface area contributed by atoms with Crippen LogP contribution in [0.1, 0.15) is 22.9 Å². The highest BCUT2D eigenvalue weighted by molar-refractivity contribution is 5.31. The molecule has 12 heavy (non-hydrogen) atoms. The number of H-pyrrole nitrogens is 1. The third kappa shape index (κ3) is 1.48. The molecule has 0 saturated heterocycles. The molecule has 68 valence electrons. The van der Waals surface area contributed by atoms with Gasteiger partial charge in [0.15, 0.2) is 0 Å². The molecule has 0 aliphatic rings. The Morgan fingerprint density at radius 3 is 2.33 bits per heavy atom. The lowest BCUT2D eigenvalue weighted by atomic mass is 10.1. The first-order chi connectivity index (χ1) is 5.54. The van der Waals surface area contributed by atoms with Crippen molar-refractivity contribution in [2.24, 2.45) is 0 Å². The predicted molar refractivity (Wildman–Crippen MR) is 41.2 cm³/mol. The number of aliphatic hydroxyl groups excluding tert-OH is 1. The number of hydrogen-bond acceptors (Lipinski definition) is 1. The summed E-state index contributed by atoms with van der Waals surface area (Å²) in [4.78, 5) is 2.78. The van der Waals surface area contributed by atoms with Crippen LogP contribution in [-0.4, -0.2) is 16.5 Å². The van der Waals surface area contributed by atoms with Crippen molar-refractivity contribution in [1.82, 2.24) is 4.98 Å². The van der Waals surface area contributed by atoms with Gasteiger partial charge in [0.25, 0.3) is 6.43 Å². The summed E-state index contributed by atoms with van der Waals surface area (Å²) in [5, 5.41) is 9.08. The van der Waals surface area contributed by atoms with Crippen molar-refractivity contribution in [3.63, 3.8) is 0 Å². The van der Waals surface area contributed by atoms with Crippen LogP contribution in [0.5, 0.6) is 0 Å². The number of aryl methyl sites for hydroxylation is 2. The second-order valence-electron chi connectivity index (χ2n) is 2.79. The molecule has 0 spiro atoms. The van der Waals surface area contributed by atoms with Gasteiger partial charge in [0.1, 0.15) is 6.10 Å². The van der Waals surface area contributed by atoms with E-state index in [1.54, 1.807) is 20.0 Å². The number of hydrogen-bond donors (Lipinski definition) is 2. The summed E-state index contributed by atoms with van der Waals surface area (Å²) in [6.45, 7) is 3.35. The first-order valence-corrected chi connectivity index (χ1v) is 3.64. The zero-order valence-corrected chi connectivity index (χ0v) is 6.94. The summed E-state index contributed by atoms with van der Waals surface area (Å²) in [7, 11) is 0. The Morgan fingerprint density at radius 1 is 1.42 bits per heavy atom. The maximum atomic E-state index is 12.1. The average Bonchev–Trinajstić information content (AvgIpc) is 2.30. The lowest BCUT2D eigenvalue weighted by molar-refractivity contribution is -0.00639. The van der Waals surface area contributed by atoms with E-state index in [1.807, 2.05) is 0 Å². The fraction of sp³-hybridized carbons (Fsp3) is 0.500. The third-order valence-electron chi connectivity index (χ3n) is 1.87. The molecule has 0 saturated carbocycles. The van der Waals surface area contributed by atoms with E-state index in [1.165, 1.54) is 0 Å². The van der Waals surface area contributed by atoms with Crippen molar-refractivity contribution >= 4 is 0 Å². The number of aromatic amines is 1. The van der Waals surface area contributed by atoms with E-state index < -0.39 is 12.5 Å². The van der Waals surface area contributed by atoms with Gasteiger partial charge in [0.05, 0.1) is 0 Å². The first kappa shape index (κ1) is 9.19. The van der Waals surface area contributed by atoms with Gasteiger partial charge in [-0.3, -0.25) is 0 Å². The first-order valence-electron chi connectivity index (χ1n) is 3.64. The fourth-order valence-electron chi connectivity index (χ4n) is 1.25. The third-order valence-corrected chi connectivity index (χ3v) is 1.87. The molecule has 1 unspecified atom stereocenters. The van der Waals surface area contributed by atoms with Crippen LogP contribution in [0, 0.1) is 13.8 Å². The Labute approximate surface area is 69.2 Å². The van der Waals surface area contributed by atoms with Crippen LogP contribution in [0.25, 0.3) is 0 Å². The number of nitrogens with one attached hydrogen (secondary N) is 1. The second kappa shape index (κ2) is 3.23. The lowest BCUT2D eigenvalue weighted by Gasteiger charge is -2.10. The molecule has 0 aliphatic carbocycles. The number of halogens is 2. The molecule has 0 aliphatic heterocycles. The van der Waals surface area contributed by atoms with Gasteiger partial charge >= 0.3 is 0 Å². The SMILES string of the molecule is Cc1c[nH]c(C)c1C(O)C(F)F. The summed E-state index contributed by atoms with van der Waals surface area (Å²) in [6.07, 6.45) is -2.79. The minimum atomic E-state index is -2.72. The summed E-state index contributed by atoms with van der Waals surface area (Å²) in [5.74, 6) is 0. The van der Waals surface area contributed by atoms with Crippen LogP contribution in [0.15, 0.2) is 6.20 Å². The molecule has 1 aromatic heterocycles. The lowest BCUT2D eigenvalue weighted by Crippen LogP contribution is -2.09. The Hall–Kier alpha value is -0.900. The van der Waals surface area contributed by atoms with Gasteiger partial charge in [-0.15, -0.1) is 0 Å². The molecule has 0 amide bonds. The van der Waals surface area contributed by atoms with Gasteiger partial charge in [-0.05, 0) is 19.4 Å². The summed E-state index contributed by atoms with van der Waals surface area (Å²) in [5.41, 5.74) is 1.57. The number of aromatic nitrogens is 1.